The summed E-state index contributed by atoms with van der Waals surface area (Å²) in [6, 6.07) is 13.9. The van der Waals surface area contributed by atoms with E-state index < -0.39 is 12.1 Å². The molecule has 0 aliphatic carbocycles. The summed E-state index contributed by atoms with van der Waals surface area (Å²) in [5.41, 5.74) is 0.866. The van der Waals surface area contributed by atoms with Gasteiger partial charge >= 0.3 is 5.97 Å². The minimum absolute atomic E-state index is 0.268. The second-order valence-electron chi connectivity index (χ2n) is 4.68. The molecule has 0 radical (unpaired) electrons. The molecule has 0 aliphatic rings. The molecule has 0 bridgehead atoms. The van der Waals surface area contributed by atoms with Crippen molar-refractivity contribution in [3.8, 4) is 11.5 Å². The second kappa shape index (κ2) is 7.71. The van der Waals surface area contributed by atoms with Crippen LogP contribution in [-0.4, -0.2) is 23.8 Å². The summed E-state index contributed by atoms with van der Waals surface area (Å²) in [7, 11) is 0. The molecular weight excluding hydrogens is 304 g/mol. The van der Waals surface area contributed by atoms with Gasteiger partial charge < -0.3 is 14.6 Å². The summed E-state index contributed by atoms with van der Waals surface area (Å²) in [6.07, 6.45) is -0.691. The molecule has 1 N–H and O–H groups in total. The first-order valence-electron chi connectivity index (χ1n) is 6.95. The minimum Gasteiger partial charge on any atom is -0.494 e. The van der Waals surface area contributed by atoms with Crippen molar-refractivity contribution in [1.82, 2.24) is 0 Å². The quantitative estimate of drug-likeness (QED) is 0.842. The molecule has 0 saturated heterocycles. The molecule has 116 valence electrons. The van der Waals surface area contributed by atoms with Crippen LogP contribution in [0.2, 0.25) is 5.02 Å². The standard InChI is InChI=1S/C17H17ClO4/c1-2-21-14-7-3-12(4-8-14)11-16(17(19)20)22-15-9-5-13(18)6-10-15/h3-10,16H,2,11H2,1H3,(H,19,20)/t16-/m0/s1. The number of carbonyl (C=O) groups is 1. The van der Waals surface area contributed by atoms with Gasteiger partial charge in [-0.25, -0.2) is 4.79 Å². The highest BCUT2D eigenvalue weighted by Gasteiger charge is 2.20. The molecule has 0 heterocycles. The summed E-state index contributed by atoms with van der Waals surface area (Å²) in [5.74, 6) is 0.225. The van der Waals surface area contributed by atoms with Crippen LogP contribution >= 0.6 is 11.6 Å². The van der Waals surface area contributed by atoms with E-state index >= 15 is 0 Å². The Morgan fingerprint density at radius 3 is 2.23 bits per heavy atom. The van der Waals surface area contributed by atoms with Crippen molar-refractivity contribution in [1.29, 1.82) is 0 Å². The van der Waals surface area contributed by atoms with Gasteiger partial charge in [0.1, 0.15) is 11.5 Å². The van der Waals surface area contributed by atoms with Gasteiger partial charge in [-0.05, 0) is 48.9 Å². The Labute approximate surface area is 134 Å². The zero-order valence-electron chi connectivity index (χ0n) is 12.2. The van der Waals surface area contributed by atoms with Gasteiger partial charge in [0.15, 0.2) is 6.10 Å². The van der Waals surface area contributed by atoms with E-state index in [9.17, 15) is 9.90 Å². The molecule has 0 aromatic heterocycles. The van der Waals surface area contributed by atoms with Crippen molar-refractivity contribution < 1.29 is 19.4 Å². The van der Waals surface area contributed by atoms with E-state index in [0.717, 1.165) is 11.3 Å². The van der Waals surface area contributed by atoms with E-state index in [2.05, 4.69) is 0 Å². The molecule has 0 saturated carbocycles. The Bertz CT molecular complexity index is 608. The molecule has 0 amide bonds. The summed E-state index contributed by atoms with van der Waals surface area (Å²) >= 11 is 5.80. The van der Waals surface area contributed by atoms with Crippen LogP contribution in [0.3, 0.4) is 0 Å². The van der Waals surface area contributed by atoms with Gasteiger partial charge in [0.25, 0.3) is 0 Å². The highest BCUT2D eigenvalue weighted by molar-refractivity contribution is 6.30. The monoisotopic (exact) mass is 320 g/mol. The van der Waals surface area contributed by atoms with Crippen LogP contribution < -0.4 is 9.47 Å². The SMILES string of the molecule is CCOc1ccc(C[C@H](Oc2ccc(Cl)cc2)C(=O)O)cc1. The van der Waals surface area contributed by atoms with Crippen LogP contribution in [0.15, 0.2) is 48.5 Å². The average molecular weight is 321 g/mol. The third-order valence-corrected chi connectivity index (χ3v) is 3.27. The lowest BCUT2D eigenvalue weighted by Gasteiger charge is -2.15. The number of rotatable bonds is 7. The number of hydrogen-bond donors (Lipinski definition) is 1. The second-order valence-corrected chi connectivity index (χ2v) is 5.12. The van der Waals surface area contributed by atoms with Gasteiger partial charge in [-0.2, -0.15) is 0 Å². The lowest BCUT2D eigenvalue weighted by molar-refractivity contribution is -0.145. The van der Waals surface area contributed by atoms with E-state index in [1.807, 2.05) is 31.2 Å². The van der Waals surface area contributed by atoms with Crippen molar-refractivity contribution in [2.45, 2.75) is 19.4 Å². The molecule has 2 aromatic rings. The molecule has 2 aromatic carbocycles. The predicted octanol–water partition coefficient (Wildman–Crippen LogP) is 3.81. The fourth-order valence-corrected chi connectivity index (χ4v) is 2.09. The first-order chi connectivity index (χ1) is 10.6. The van der Waals surface area contributed by atoms with Crippen molar-refractivity contribution in [3.05, 3.63) is 59.1 Å². The lowest BCUT2D eigenvalue weighted by atomic mass is 10.1. The van der Waals surface area contributed by atoms with Gasteiger partial charge in [0.2, 0.25) is 0 Å². The minimum atomic E-state index is -1.01. The molecular formula is C17H17ClO4. The third-order valence-electron chi connectivity index (χ3n) is 3.02. The summed E-state index contributed by atoms with van der Waals surface area (Å²) < 4.78 is 10.9. The lowest BCUT2D eigenvalue weighted by Crippen LogP contribution is -2.29. The molecule has 1 atom stereocenters. The summed E-state index contributed by atoms with van der Waals surface area (Å²) in [6.45, 7) is 2.51. The Morgan fingerprint density at radius 1 is 1.09 bits per heavy atom. The molecule has 2 rings (SSSR count). The van der Waals surface area contributed by atoms with E-state index in [1.54, 1.807) is 24.3 Å². The van der Waals surface area contributed by atoms with E-state index in [-0.39, 0.29) is 6.42 Å². The van der Waals surface area contributed by atoms with Crippen LogP contribution in [0.25, 0.3) is 0 Å². The van der Waals surface area contributed by atoms with Crippen LogP contribution in [0, 0.1) is 0 Å². The molecule has 0 unspecified atom stereocenters. The van der Waals surface area contributed by atoms with Gasteiger partial charge in [-0.1, -0.05) is 23.7 Å². The number of halogens is 1. The maximum absolute atomic E-state index is 11.4. The molecule has 4 nitrogen and oxygen atoms in total. The highest BCUT2D eigenvalue weighted by Crippen LogP contribution is 2.19. The smallest absolute Gasteiger partial charge is 0.345 e. The van der Waals surface area contributed by atoms with Crippen molar-refractivity contribution >= 4 is 17.6 Å². The fraction of sp³-hybridized carbons (Fsp3) is 0.235. The van der Waals surface area contributed by atoms with E-state index in [4.69, 9.17) is 21.1 Å². The Kier molecular flexibility index (Phi) is 5.67. The molecule has 22 heavy (non-hydrogen) atoms. The number of hydrogen-bond acceptors (Lipinski definition) is 3. The maximum atomic E-state index is 11.4. The van der Waals surface area contributed by atoms with Crippen LogP contribution in [0.5, 0.6) is 11.5 Å². The van der Waals surface area contributed by atoms with E-state index in [1.165, 1.54) is 0 Å². The largest absolute Gasteiger partial charge is 0.494 e. The van der Waals surface area contributed by atoms with E-state index in [0.29, 0.717) is 17.4 Å². The number of aliphatic carboxylic acids is 1. The van der Waals surface area contributed by atoms with Crippen molar-refractivity contribution in [3.63, 3.8) is 0 Å². The Hall–Kier alpha value is -2.20. The zero-order valence-corrected chi connectivity index (χ0v) is 12.9. The van der Waals surface area contributed by atoms with Crippen molar-refractivity contribution in [2.75, 3.05) is 6.61 Å². The highest BCUT2D eigenvalue weighted by atomic mass is 35.5. The predicted molar refractivity (Wildman–Crippen MR) is 84.8 cm³/mol. The van der Waals surface area contributed by atoms with Gasteiger partial charge in [0.05, 0.1) is 6.61 Å². The van der Waals surface area contributed by atoms with Gasteiger partial charge in [0, 0.05) is 11.4 Å². The number of carboxylic acids is 1. The first-order valence-corrected chi connectivity index (χ1v) is 7.33. The summed E-state index contributed by atoms with van der Waals surface area (Å²) in [4.78, 5) is 11.4. The average Bonchev–Trinajstić information content (AvgIpc) is 2.51. The number of benzene rings is 2. The van der Waals surface area contributed by atoms with Crippen LogP contribution in [0.4, 0.5) is 0 Å². The first kappa shape index (κ1) is 16.2. The fourth-order valence-electron chi connectivity index (χ4n) is 1.96. The van der Waals surface area contributed by atoms with Crippen LogP contribution in [0.1, 0.15) is 12.5 Å². The third kappa shape index (κ3) is 4.67. The molecule has 0 spiro atoms. The topological polar surface area (TPSA) is 55.8 Å². The van der Waals surface area contributed by atoms with Gasteiger partial charge in [-0.15, -0.1) is 0 Å². The zero-order chi connectivity index (χ0) is 15.9. The Morgan fingerprint density at radius 2 is 1.68 bits per heavy atom. The van der Waals surface area contributed by atoms with Crippen molar-refractivity contribution in [2.24, 2.45) is 0 Å². The molecule has 5 heteroatoms. The Balaban J connectivity index is 2.05. The summed E-state index contributed by atoms with van der Waals surface area (Å²) in [5, 5.41) is 9.89. The molecule has 0 fully saturated rings. The van der Waals surface area contributed by atoms with Gasteiger partial charge in [-0.3, -0.25) is 0 Å². The molecule has 0 aliphatic heterocycles. The number of ether oxygens (including phenoxy) is 2. The number of carboxylic acid groups (broad SMARTS) is 1. The maximum Gasteiger partial charge on any atom is 0.345 e. The van der Waals surface area contributed by atoms with Crippen LogP contribution in [-0.2, 0) is 11.2 Å². The normalized spacial score (nSPS) is 11.7.